The molecule has 150 valence electrons. The van der Waals surface area contributed by atoms with Crippen LogP contribution in [0.1, 0.15) is 0 Å². The van der Waals surface area contributed by atoms with Crippen molar-refractivity contribution in [3.63, 3.8) is 0 Å². The highest BCUT2D eigenvalue weighted by Gasteiger charge is 2.29. The van der Waals surface area contributed by atoms with E-state index >= 15 is 0 Å². The molecule has 1 aromatic heterocycles. The van der Waals surface area contributed by atoms with Gasteiger partial charge in [-0.2, -0.15) is 0 Å². The molecule has 1 aliphatic heterocycles. The Bertz CT molecular complexity index is 1620. The standard InChI is InChI=1S/C29H19N3/c1-2-12-21(13-3-1)31-25-17-6-7-18-26(25)32-28-24(16-9-19-27(28)31)30-29(32)23-15-8-11-20-10-4-5-14-22(20)23/h1-19H. The van der Waals surface area contributed by atoms with Gasteiger partial charge in [-0.25, -0.2) is 4.98 Å². The average Bonchev–Trinajstić information content (AvgIpc) is 3.25. The SMILES string of the molecule is c1ccc(N2c3ccccc3-n3c(-c4cccc5ccccc45)nc4cccc2c43)cc1. The first kappa shape index (κ1) is 17.3. The molecule has 0 saturated heterocycles. The van der Waals surface area contributed by atoms with E-state index in [0.717, 1.165) is 45.2 Å². The highest BCUT2D eigenvalue weighted by atomic mass is 15.2. The van der Waals surface area contributed by atoms with Crippen LogP contribution >= 0.6 is 0 Å². The van der Waals surface area contributed by atoms with Crippen LogP contribution in [-0.4, -0.2) is 9.55 Å². The Kier molecular flexibility index (Phi) is 3.55. The van der Waals surface area contributed by atoms with E-state index in [-0.39, 0.29) is 0 Å². The van der Waals surface area contributed by atoms with Crippen LogP contribution in [0.25, 0.3) is 38.9 Å². The van der Waals surface area contributed by atoms with Crippen molar-refractivity contribution in [2.45, 2.75) is 0 Å². The van der Waals surface area contributed by atoms with E-state index in [2.05, 4.69) is 125 Å². The minimum atomic E-state index is 0.976. The van der Waals surface area contributed by atoms with Gasteiger partial charge in [0.25, 0.3) is 0 Å². The molecular formula is C29H19N3. The molecule has 0 bridgehead atoms. The number of benzene rings is 5. The molecule has 0 atom stereocenters. The van der Waals surface area contributed by atoms with Crippen LogP contribution in [0.4, 0.5) is 17.1 Å². The van der Waals surface area contributed by atoms with Gasteiger partial charge in [0.1, 0.15) is 5.82 Å². The van der Waals surface area contributed by atoms with E-state index in [1.165, 1.54) is 10.8 Å². The van der Waals surface area contributed by atoms with E-state index in [1.807, 2.05) is 0 Å². The van der Waals surface area contributed by atoms with Crippen molar-refractivity contribution in [3.05, 3.63) is 115 Å². The van der Waals surface area contributed by atoms with Crippen molar-refractivity contribution in [1.29, 1.82) is 0 Å². The quantitative estimate of drug-likeness (QED) is 0.293. The molecule has 7 rings (SSSR count). The molecule has 2 heterocycles. The maximum atomic E-state index is 5.17. The van der Waals surface area contributed by atoms with E-state index < -0.39 is 0 Å². The Hall–Kier alpha value is -4.37. The summed E-state index contributed by atoms with van der Waals surface area (Å²) in [7, 11) is 0. The predicted octanol–water partition coefficient (Wildman–Crippen LogP) is 7.63. The number of imidazole rings is 1. The smallest absolute Gasteiger partial charge is 0.146 e. The Morgan fingerprint density at radius 1 is 0.531 bits per heavy atom. The first-order chi connectivity index (χ1) is 15.9. The lowest BCUT2D eigenvalue weighted by Gasteiger charge is -2.33. The van der Waals surface area contributed by atoms with Crippen LogP contribution in [0, 0.1) is 0 Å². The zero-order chi connectivity index (χ0) is 21.1. The number of hydrogen-bond donors (Lipinski definition) is 0. The number of fused-ring (bicyclic) bond motifs is 3. The second-order valence-corrected chi connectivity index (χ2v) is 8.10. The lowest BCUT2D eigenvalue weighted by molar-refractivity contribution is 1.07. The lowest BCUT2D eigenvalue weighted by atomic mass is 10.0. The van der Waals surface area contributed by atoms with Crippen LogP contribution in [0.2, 0.25) is 0 Å². The molecule has 0 unspecified atom stereocenters. The Morgan fingerprint density at radius 2 is 1.22 bits per heavy atom. The molecule has 6 aromatic rings. The lowest BCUT2D eigenvalue weighted by Crippen LogP contribution is -2.18. The van der Waals surface area contributed by atoms with Crippen LogP contribution in [-0.2, 0) is 0 Å². The van der Waals surface area contributed by atoms with Gasteiger partial charge in [0.15, 0.2) is 0 Å². The molecule has 0 N–H and O–H groups in total. The molecular weight excluding hydrogens is 390 g/mol. The maximum Gasteiger partial charge on any atom is 0.146 e. The fourth-order valence-corrected chi connectivity index (χ4v) is 4.95. The highest BCUT2D eigenvalue weighted by Crippen LogP contribution is 2.48. The largest absolute Gasteiger partial charge is 0.306 e. The molecule has 0 radical (unpaired) electrons. The summed E-state index contributed by atoms with van der Waals surface area (Å²) in [5.41, 5.74) is 7.86. The number of rotatable bonds is 2. The Morgan fingerprint density at radius 3 is 2.12 bits per heavy atom. The van der Waals surface area contributed by atoms with Gasteiger partial charge in [-0.3, -0.25) is 4.57 Å². The molecule has 0 spiro atoms. The normalized spacial score (nSPS) is 12.3. The van der Waals surface area contributed by atoms with Gasteiger partial charge in [0.05, 0.1) is 28.1 Å². The van der Waals surface area contributed by atoms with E-state index in [0.29, 0.717) is 0 Å². The van der Waals surface area contributed by atoms with Gasteiger partial charge in [-0.15, -0.1) is 0 Å². The molecule has 0 aliphatic carbocycles. The van der Waals surface area contributed by atoms with Gasteiger partial charge >= 0.3 is 0 Å². The number of anilines is 3. The molecule has 3 heteroatoms. The zero-order valence-electron chi connectivity index (χ0n) is 17.3. The molecule has 5 aromatic carbocycles. The monoisotopic (exact) mass is 409 g/mol. The molecule has 3 nitrogen and oxygen atoms in total. The van der Waals surface area contributed by atoms with Crippen LogP contribution in [0.5, 0.6) is 0 Å². The summed E-state index contributed by atoms with van der Waals surface area (Å²) in [4.78, 5) is 7.51. The minimum Gasteiger partial charge on any atom is -0.306 e. The molecule has 1 aliphatic rings. The van der Waals surface area contributed by atoms with E-state index in [4.69, 9.17) is 4.98 Å². The number of nitrogens with zero attached hydrogens (tertiary/aromatic N) is 3. The highest BCUT2D eigenvalue weighted by molar-refractivity contribution is 6.05. The first-order valence-corrected chi connectivity index (χ1v) is 10.8. The van der Waals surface area contributed by atoms with Crippen LogP contribution in [0.3, 0.4) is 0 Å². The Labute approximate surface area is 185 Å². The van der Waals surface area contributed by atoms with Crippen molar-refractivity contribution in [2.75, 3.05) is 4.90 Å². The van der Waals surface area contributed by atoms with E-state index in [1.54, 1.807) is 0 Å². The van der Waals surface area contributed by atoms with Crippen molar-refractivity contribution < 1.29 is 0 Å². The third-order valence-electron chi connectivity index (χ3n) is 6.30. The summed E-state index contributed by atoms with van der Waals surface area (Å²) in [6, 6.07) is 40.5. The molecule has 32 heavy (non-hydrogen) atoms. The maximum absolute atomic E-state index is 5.17. The third-order valence-corrected chi connectivity index (χ3v) is 6.30. The average molecular weight is 409 g/mol. The first-order valence-electron chi connectivity index (χ1n) is 10.8. The molecule has 0 fully saturated rings. The second-order valence-electron chi connectivity index (χ2n) is 8.10. The topological polar surface area (TPSA) is 21.1 Å². The van der Waals surface area contributed by atoms with E-state index in [9.17, 15) is 0 Å². The van der Waals surface area contributed by atoms with Gasteiger partial charge in [-0.05, 0) is 47.2 Å². The summed E-state index contributed by atoms with van der Waals surface area (Å²) in [6.07, 6.45) is 0. The Balaban J connectivity index is 1.62. The second kappa shape index (κ2) is 6.56. The minimum absolute atomic E-state index is 0.976. The predicted molar refractivity (Wildman–Crippen MR) is 132 cm³/mol. The van der Waals surface area contributed by atoms with Crippen LogP contribution in [0.15, 0.2) is 115 Å². The van der Waals surface area contributed by atoms with Crippen LogP contribution < -0.4 is 4.90 Å². The third kappa shape index (κ3) is 2.33. The zero-order valence-corrected chi connectivity index (χ0v) is 17.3. The molecule has 0 saturated carbocycles. The molecule has 0 amide bonds. The van der Waals surface area contributed by atoms with Crippen molar-refractivity contribution in [1.82, 2.24) is 9.55 Å². The van der Waals surface area contributed by atoms with Crippen molar-refractivity contribution in [3.8, 4) is 17.1 Å². The summed E-state index contributed by atoms with van der Waals surface area (Å²) in [6.45, 7) is 0. The fourth-order valence-electron chi connectivity index (χ4n) is 4.95. The number of hydrogen-bond acceptors (Lipinski definition) is 2. The van der Waals surface area contributed by atoms with Gasteiger partial charge in [-0.1, -0.05) is 78.9 Å². The summed E-state index contributed by atoms with van der Waals surface area (Å²) >= 11 is 0. The summed E-state index contributed by atoms with van der Waals surface area (Å²) in [5, 5.41) is 2.44. The summed E-state index contributed by atoms with van der Waals surface area (Å²) in [5.74, 6) is 0.976. The van der Waals surface area contributed by atoms with Gasteiger partial charge in [0, 0.05) is 11.3 Å². The fraction of sp³-hybridized carbons (Fsp3) is 0. The number of para-hydroxylation sites is 4. The van der Waals surface area contributed by atoms with Gasteiger partial charge in [0.2, 0.25) is 0 Å². The van der Waals surface area contributed by atoms with Crippen molar-refractivity contribution >= 4 is 38.9 Å². The van der Waals surface area contributed by atoms with Crippen molar-refractivity contribution in [2.24, 2.45) is 0 Å². The summed E-state index contributed by atoms with van der Waals surface area (Å²) < 4.78 is 2.33. The van der Waals surface area contributed by atoms with Gasteiger partial charge < -0.3 is 4.90 Å². The number of aromatic nitrogens is 2.